The van der Waals surface area contributed by atoms with Gasteiger partial charge in [0.25, 0.3) is 0 Å². The molecular weight excluding hydrogens is 226 g/mol. The topological polar surface area (TPSA) is 58.6 Å². The SMILES string of the molecule is COC(S)[C@H](NCc1ccccc1)C(=O)O. The largest absolute Gasteiger partial charge is 0.480 e. The van der Waals surface area contributed by atoms with E-state index in [4.69, 9.17) is 9.84 Å². The fourth-order valence-corrected chi connectivity index (χ4v) is 1.50. The van der Waals surface area contributed by atoms with E-state index in [9.17, 15) is 4.79 Å². The summed E-state index contributed by atoms with van der Waals surface area (Å²) in [7, 11) is 1.43. The molecule has 88 valence electrons. The quantitative estimate of drug-likeness (QED) is 0.516. The third kappa shape index (κ3) is 3.84. The minimum atomic E-state index is -0.974. The fourth-order valence-electron chi connectivity index (χ4n) is 1.27. The van der Waals surface area contributed by atoms with Crippen LogP contribution in [0.15, 0.2) is 30.3 Å². The maximum absolute atomic E-state index is 10.9. The summed E-state index contributed by atoms with van der Waals surface area (Å²) < 4.78 is 4.88. The molecular formula is C11H15NO3S. The molecule has 0 aliphatic heterocycles. The number of hydrogen-bond donors (Lipinski definition) is 3. The molecule has 0 aliphatic rings. The molecule has 0 fully saturated rings. The van der Waals surface area contributed by atoms with Crippen molar-refractivity contribution < 1.29 is 14.6 Å². The second-order valence-electron chi connectivity index (χ2n) is 3.31. The first-order chi connectivity index (χ1) is 7.65. The highest BCUT2D eigenvalue weighted by atomic mass is 32.1. The van der Waals surface area contributed by atoms with Crippen molar-refractivity contribution in [2.75, 3.05) is 7.11 Å². The second-order valence-corrected chi connectivity index (χ2v) is 3.82. The van der Waals surface area contributed by atoms with E-state index in [1.807, 2.05) is 30.3 Å². The molecule has 16 heavy (non-hydrogen) atoms. The van der Waals surface area contributed by atoms with Crippen LogP contribution in [0.2, 0.25) is 0 Å². The Balaban J connectivity index is 2.54. The van der Waals surface area contributed by atoms with E-state index in [-0.39, 0.29) is 0 Å². The number of rotatable bonds is 6. The van der Waals surface area contributed by atoms with Gasteiger partial charge >= 0.3 is 5.97 Å². The Morgan fingerprint density at radius 1 is 1.50 bits per heavy atom. The Morgan fingerprint density at radius 3 is 2.62 bits per heavy atom. The van der Waals surface area contributed by atoms with E-state index in [2.05, 4.69) is 17.9 Å². The molecule has 0 amide bonds. The molecule has 5 heteroatoms. The van der Waals surface area contributed by atoms with Gasteiger partial charge in [-0.3, -0.25) is 10.1 Å². The average Bonchev–Trinajstić information content (AvgIpc) is 2.30. The molecule has 4 nitrogen and oxygen atoms in total. The monoisotopic (exact) mass is 241 g/mol. The third-order valence-electron chi connectivity index (χ3n) is 2.16. The molecule has 0 radical (unpaired) electrons. The smallest absolute Gasteiger partial charge is 0.324 e. The van der Waals surface area contributed by atoms with Gasteiger partial charge in [0.1, 0.15) is 11.5 Å². The average molecular weight is 241 g/mol. The first kappa shape index (κ1) is 13.0. The van der Waals surface area contributed by atoms with Crippen molar-refractivity contribution in [2.24, 2.45) is 0 Å². The van der Waals surface area contributed by atoms with Crippen molar-refractivity contribution in [1.82, 2.24) is 5.32 Å². The van der Waals surface area contributed by atoms with Gasteiger partial charge in [0.15, 0.2) is 0 Å². The highest BCUT2D eigenvalue weighted by Crippen LogP contribution is 2.05. The zero-order valence-electron chi connectivity index (χ0n) is 8.96. The Bertz CT molecular complexity index is 331. The molecule has 1 aromatic carbocycles. The number of aliphatic carboxylic acids is 1. The summed E-state index contributed by atoms with van der Waals surface area (Å²) in [6.45, 7) is 0.470. The number of nitrogens with one attached hydrogen (secondary N) is 1. The Labute approximate surface area is 100 Å². The van der Waals surface area contributed by atoms with E-state index in [1.54, 1.807) is 0 Å². The van der Waals surface area contributed by atoms with Gasteiger partial charge in [-0.15, -0.1) is 12.6 Å². The Kier molecular flexibility index (Phi) is 5.31. The Morgan fingerprint density at radius 2 is 2.12 bits per heavy atom. The van der Waals surface area contributed by atoms with Crippen molar-refractivity contribution in [3.8, 4) is 0 Å². The maximum atomic E-state index is 10.9. The summed E-state index contributed by atoms with van der Waals surface area (Å²) in [5.74, 6) is -0.974. The fraction of sp³-hybridized carbons (Fsp3) is 0.364. The number of ether oxygens (including phenoxy) is 1. The van der Waals surface area contributed by atoms with Crippen LogP contribution in [0.4, 0.5) is 0 Å². The number of benzene rings is 1. The van der Waals surface area contributed by atoms with Crippen molar-refractivity contribution in [1.29, 1.82) is 0 Å². The van der Waals surface area contributed by atoms with Gasteiger partial charge < -0.3 is 9.84 Å². The number of carboxylic acids is 1. The molecule has 1 aromatic rings. The van der Waals surface area contributed by atoms with Crippen molar-refractivity contribution in [3.63, 3.8) is 0 Å². The summed E-state index contributed by atoms with van der Waals surface area (Å²) in [6, 6.07) is 8.74. The van der Waals surface area contributed by atoms with Gasteiger partial charge in [-0.25, -0.2) is 0 Å². The second kappa shape index (κ2) is 6.52. The number of methoxy groups -OCH3 is 1. The predicted molar refractivity (Wildman–Crippen MR) is 64.5 cm³/mol. The minimum Gasteiger partial charge on any atom is -0.480 e. The standard InChI is InChI=1S/C11H15NO3S/c1-15-11(16)9(10(13)14)12-7-8-5-3-2-4-6-8/h2-6,9,11-12,16H,7H2,1H3,(H,13,14)/t9-,11?/m1/s1. The van der Waals surface area contributed by atoms with Crippen LogP contribution in [0, 0.1) is 0 Å². The van der Waals surface area contributed by atoms with E-state index in [0.29, 0.717) is 6.54 Å². The van der Waals surface area contributed by atoms with E-state index in [1.165, 1.54) is 7.11 Å². The first-order valence-electron chi connectivity index (χ1n) is 4.86. The van der Waals surface area contributed by atoms with Gasteiger partial charge in [-0.05, 0) is 5.56 Å². The number of carbonyl (C=O) groups is 1. The van der Waals surface area contributed by atoms with Gasteiger partial charge in [0, 0.05) is 13.7 Å². The zero-order valence-corrected chi connectivity index (χ0v) is 9.85. The summed E-state index contributed by atoms with van der Waals surface area (Å²) in [5, 5.41) is 11.8. The molecule has 0 bridgehead atoms. The van der Waals surface area contributed by atoms with Crippen LogP contribution in [0.3, 0.4) is 0 Å². The van der Waals surface area contributed by atoms with E-state index >= 15 is 0 Å². The molecule has 0 saturated carbocycles. The molecule has 2 N–H and O–H groups in total. The van der Waals surface area contributed by atoms with Crippen LogP contribution in [-0.4, -0.2) is 29.7 Å². The third-order valence-corrected chi connectivity index (χ3v) is 2.67. The van der Waals surface area contributed by atoms with E-state index < -0.39 is 17.4 Å². The Hall–Kier alpha value is -1.04. The molecule has 0 saturated heterocycles. The van der Waals surface area contributed by atoms with E-state index in [0.717, 1.165) is 5.56 Å². The van der Waals surface area contributed by atoms with Gasteiger partial charge in [0.2, 0.25) is 0 Å². The van der Waals surface area contributed by atoms with Crippen LogP contribution in [0.25, 0.3) is 0 Å². The summed E-state index contributed by atoms with van der Waals surface area (Å²) in [6.07, 6.45) is 0. The first-order valence-corrected chi connectivity index (χ1v) is 5.37. The van der Waals surface area contributed by atoms with Gasteiger partial charge in [-0.2, -0.15) is 0 Å². The molecule has 0 aromatic heterocycles. The van der Waals surface area contributed by atoms with Crippen LogP contribution in [-0.2, 0) is 16.1 Å². The highest BCUT2D eigenvalue weighted by molar-refractivity contribution is 7.80. The van der Waals surface area contributed by atoms with Crippen molar-refractivity contribution in [2.45, 2.75) is 18.0 Å². The normalized spacial score (nSPS) is 14.4. The van der Waals surface area contributed by atoms with Crippen LogP contribution in [0.5, 0.6) is 0 Å². The molecule has 0 aliphatic carbocycles. The molecule has 0 spiro atoms. The van der Waals surface area contributed by atoms with Gasteiger partial charge in [-0.1, -0.05) is 30.3 Å². The molecule has 0 heterocycles. The minimum absolute atomic E-state index is 0.470. The van der Waals surface area contributed by atoms with Crippen LogP contribution < -0.4 is 5.32 Å². The lowest BCUT2D eigenvalue weighted by Gasteiger charge is -2.19. The van der Waals surface area contributed by atoms with Crippen LogP contribution >= 0.6 is 12.6 Å². The van der Waals surface area contributed by atoms with Crippen molar-refractivity contribution in [3.05, 3.63) is 35.9 Å². The summed E-state index contributed by atoms with van der Waals surface area (Å²) >= 11 is 4.05. The number of hydrogen-bond acceptors (Lipinski definition) is 4. The highest BCUT2D eigenvalue weighted by Gasteiger charge is 2.24. The summed E-state index contributed by atoms with van der Waals surface area (Å²) in [4.78, 5) is 10.9. The predicted octanol–water partition coefficient (Wildman–Crippen LogP) is 1.13. The lowest BCUT2D eigenvalue weighted by atomic mass is 10.2. The lowest BCUT2D eigenvalue weighted by molar-refractivity contribution is -0.141. The number of carboxylic acid groups (broad SMARTS) is 1. The zero-order chi connectivity index (χ0) is 12.0. The summed E-state index contributed by atoms with van der Waals surface area (Å²) in [5.41, 5.74) is 0.353. The van der Waals surface area contributed by atoms with Crippen molar-refractivity contribution >= 4 is 18.6 Å². The van der Waals surface area contributed by atoms with Gasteiger partial charge in [0.05, 0.1) is 0 Å². The van der Waals surface area contributed by atoms with Crippen LogP contribution in [0.1, 0.15) is 5.56 Å². The molecule has 1 rings (SSSR count). The number of thiol groups is 1. The lowest BCUT2D eigenvalue weighted by Crippen LogP contribution is -2.44. The maximum Gasteiger partial charge on any atom is 0.324 e. The molecule has 1 unspecified atom stereocenters. The molecule has 2 atom stereocenters.